The lowest BCUT2D eigenvalue weighted by Gasteiger charge is -2.32. The van der Waals surface area contributed by atoms with E-state index in [0.717, 1.165) is 25.3 Å². The van der Waals surface area contributed by atoms with Crippen molar-refractivity contribution in [2.24, 2.45) is 5.92 Å². The van der Waals surface area contributed by atoms with Crippen molar-refractivity contribution in [1.29, 1.82) is 0 Å². The van der Waals surface area contributed by atoms with Crippen molar-refractivity contribution in [2.75, 3.05) is 6.54 Å². The van der Waals surface area contributed by atoms with Gasteiger partial charge in [0, 0.05) is 12.1 Å². The molecule has 0 aliphatic heterocycles. The molecule has 2 unspecified atom stereocenters. The Balaban J connectivity index is 2.33. The van der Waals surface area contributed by atoms with Gasteiger partial charge in [-0.1, -0.05) is 26.7 Å². The van der Waals surface area contributed by atoms with Crippen molar-refractivity contribution in [3.8, 4) is 0 Å². The van der Waals surface area contributed by atoms with Crippen molar-refractivity contribution in [1.82, 2.24) is 10.6 Å². The first-order valence-electron chi connectivity index (χ1n) is 8.57. The second-order valence-electron chi connectivity index (χ2n) is 7.30. The maximum Gasteiger partial charge on any atom is 0.407 e. The second kappa shape index (κ2) is 8.62. The molecule has 1 aliphatic rings. The van der Waals surface area contributed by atoms with Crippen LogP contribution in [0.1, 0.15) is 73.1 Å². The van der Waals surface area contributed by atoms with Gasteiger partial charge in [0.15, 0.2) is 0 Å². The van der Waals surface area contributed by atoms with Crippen molar-refractivity contribution >= 4 is 6.09 Å². The highest BCUT2D eigenvalue weighted by Crippen LogP contribution is 2.20. The Morgan fingerprint density at radius 3 is 2.38 bits per heavy atom. The fourth-order valence-corrected chi connectivity index (χ4v) is 2.89. The summed E-state index contributed by atoms with van der Waals surface area (Å²) in [4.78, 5) is 11.8. The van der Waals surface area contributed by atoms with E-state index in [1.54, 1.807) is 0 Å². The van der Waals surface area contributed by atoms with E-state index in [1.807, 2.05) is 20.8 Å². The van der Waals surface area contributed by atoms with E-state index in [9.17, 15) is 4.79 Å². The van der Waals surface area contributed by atoms with Gasteiger partial charge in [0.1, 0.15) is 5.60 Å². The molecule has 1 amide bonds. The van der Waals surface area contributed by atoms with Crippen LogP contribution in [0.2, 0.25) is 0 Å². The van der Waals surface area contributed by atoms with Gasteiger partial charge in [0.2, 0.25) is 0 Å². The quantitative estimate of drug-likeness (QED) is 0.783. The van der Waals surface area contributed by atoms with Gasteiger partial charge in [0.25, 0.3) is 0 Å². The summed E-state index contributed by atoms with van der Waals surface area (Å²) >= 11 is 0. The number of carbonyl (C=O) groups excluding carboxylic acids is 1. The van der Waals surface area contributed by atoms with Gasteiger partial charge in [-0.05, 0) is 58.9 Å². The minimum atomic E-state index is -0.425. The molecule has 1 fully saturated rings. The number of hydrogen-bond acceptors (Lipinski definition) is 3. The molecule has 0 aromatic heterocycles. The largest absolute Gasteiger partial charge is 0.444 e. The average molecular weight is 298 g/mol. The molecule has 0 spiro atoms. The van der Waals surface area contributed by atoms with Crippen molar-refractivity contribution in [2.45, 2.75) is 90.8 Å². The van der Waals surface area contributed by atoms with Crippen LogP contribution in [0, 0.1) is 5.92 Å². The summed E-state index contributed by atoms with van der Waals surface area (Å²) in [5.41, 5.74) is -0.425. The Morgan fingerprint density at radius 1 is 1.19 bits per heavy atom. The molecule has 1 saturated carbocycles. The molecule has 124 valence electrons. The third kappa shape index (κ3) is 7.70. The summed E-state index contributed by atoms with van der Waals surface area (Å²) in [5.74, 6) is 0.768. The van der Waals surface area contributed by atoms with Gasteiger partial charge in [-0.2, -0.15) is 0 Å². The third-order valence-electron chi connectivity index (χ3n) is 4.24. The lowest BCUT2D eigenvalue weighted by molar-refractivity contribution is 0.0488. The predicted molar refractivity (Wildman–Crippen MR) is 87.5 cm³/mol. The van der Waals surface area contributed by atoms with E-state index in [1.165, 1.54) is 25.7 Å². The number of ether oxygens (including phenoxy) is 1. The van der Waals surface area contributed by atoms with Gasteiger partial charge in [-0.3, -0.25) is 0 Å². The van der Waals surface area contributed by atoms with Crippen LogP contribution in [0.4, 0.5) is 4.79 Å². The molecule has 4 heteroatoms. The first-order valence-corrected chi connectivity index (χ1v) is 8.57. The smallest absolute Gasteiger partial charge is 0.407 e. The Bertz CT molecular complexity index is 308. The Hall–Kier alpha value is -0.770. The minimum Gasteiger partial charge on any atom is -0.444 e. The zero-order valence-electron chi connectivity index (χ0n) is 14.5. The molecule has 0 radical (unpaired) electrons. The lowest BCUT2D eigenvalue weighted by atomic mass is 9.90. The van der Waals surface area contributed by atoms with E-state index in [4.69, 9.17) is 4.74 Å². The number of hydrogen-bond donors (Lipinski definition) is 2. The first-order chi connectivity index (χ1) is 9.84. The van der Waals surface area contributed by atoms with Crippen LogP contribution in [-0.4, -0.2) is 30.3 Å². The standard InChI is InChI=1S/C17H34N2O2/c1-6-13(7-2)12-18-14-9-8-10-15(11-14)19-16(20)21-17(3,4)5/h13-15,18H,6-12H2,1-5H3,(H,19,20). The second-order valence-corrected chi connectivity index (χ2v) is 7.30. The fourth-order valence-electron chi connectivity index (χ4n) is 2.89. The van der Waals surface area contributed by atoms with Gasteiger partial charge in [-0.25, -0.2) is 4.79 Å². The molecule has 2 N–H and O–H groups in total. The van der Waals surface area contributed by atoms with Crippen LogP contribution >= 0.6 is 0 Å². The van der Waals surface area contributed by atoms with Gasteiger partial charge in [0.05, 0.1) is 0 Å². The van der Waals surface area contributed by atoms with Gasteiger partial charge >= 0.3 is 6.09 Å². The van der Waals surface area contributed by atoms with Crippen LogP contribution in [-0.2, 0) is 4.74 Å². The van der Waals surface area contributed by atoms with E-state index in [0.29, 0.717) is 6.04 Å². The van der Waals surface area contributed by atoms with E-state index >= 15 is 0 Å². The number of nitrogens with one attached hydrogen (secondary N) is 2. The molecule has 0 bridgehead atoms. The highest BCUT2D eigenvalue weighted by atomic mass is 16.6. The van der Waals surface area contributed by atoms with E-state index in [-0.39, 0.29) is 12.1 Å². The zero-order valence-corrected chi connectivity index (χ0v) is 14.5. The summed E-state index contributed by atoms with van der Waals surface area (Å²) in [6.45, 7) is 11.3. The molecule has 1 rings (SSSR count). The van der Waals surface area contributed by atoms with Crippen molar-refractivity contribution in [3.63, 3.8) is 0 Å². The molecule has 2 atom stereocenters. The average Bonchev–Trinajstić information content (AvgIpc) is 2.38. The monoisotopic (exact) mass is 298 g/mol. The lowest BCUT2D eigenvalue weighted by Crippen LogP contribution is -2.46. The number of alkyl carbamates (subject to hydrolysis) is 1. The Morgan fingerprint density at radius 2 is 1.81 bits per heavy atom. The molecule has 21 heavy (non-hydrogen) atoms. The van der Waals surface area contributed by atoms with E-state index < -0.39 is 5.60 Å². The molecule has 0 aromatic rings. The van der Waals surface area contributed by atoms with Crippen molar-refractivity contribution < 1.29 is 9.53 Å². The topological polar surface area (TPSA) is 50.4 Å². The SMILES string of the molecule is CCC(CC)CNC1CCCC(NC(=O)OC(C)(C)C)C1. The molecule has 0 aromatic carbocycles. The summed E-state index contributed by atoms with van der Waals surface area (Å²) < 4.78 is 5.34. The number of rotatable bonds is 6. The highest BCUT2D eigenvalue weighted by Gasteiger charge is 2.25. The van der Waals surface area contributed by atoms with Crippen LogP contribution < -0.4 is 10.6 Å². The minimum absolute atomic E-state index is 0.243. The Kier molecular flexibility index (Phi) is 7.50. The summed E-state index contributed by atoms with van der Waals surface area (Å²) in [5, 5.41) is 6.70. The summed E-state index contributed by atoms with van der Waals surface area (Å²) in [6, 6.07) is 0.770. The van der Waals surface area contributed by atoms with Crippen LogP contribution in [0.15, 0.2) is 0 Å². The highest BCUT2D eigenvalue weighted by molar-refractivity contribution is 5.68. The zero-order chi connectivity index (χ0) is 15.9. The maximum atomic E-state index is 11.8. The number of amides is 1. The summed E-state index contributed by atoms with van der Waals surface area (Å²) in [6.07, 6.45) is 6.63. The predicted octanol–water partition coefficient (Wildman–Crippen LogP) is 3.85. The molecular formula is C17H34N2O2. The molecule has 4 nitrogen and oxygen atoms in total. The van der Waals surface area contributed by atoms with Gasteiger partial charge in [-0.15, -0.1) is 0 Å². The third-order valence-corrected chi connectivity index (χ3v) is 4.24. The molecule has 0 heterocycles. The van der Waals surface area contributed by atoms with E-state index in [2.05, 4.69) is 24.5 Å². The van der Waals surface area contributed by atoms with Crippen LogP contribution in [0.5, 0.6) is 0 Å². The van der Waals surface area contributed by atoms with Crippen LogP contribution in [0.25, 0.3) is 0 Å². The van der Waals surface area contributed by atoms with Crippen molar-refractivity contribution in [3.05, 3.63) is 0 Å². The first kappa shape index (κ1) is 18.3. The maximum absolute atomic E-state index is 11.8. The molecule has 1 aliphatic carbocycles. The molecular weight excluding hydrogens is 264 g/mol. The van der Waals surface area contributed by atoms with Gasteiger partial charge < -0.3 is 15.4 Å². The Labute approximate surface area is 130 Å². The molecule has 0 saturated heterocycles. The summed E-state index contributed by atoms with van der Waals surface area (Å²) in [7, 11) is 0. The fraction of sp³-hybridized carbons (Fsp3) is 0.941. The number of carbonyl (C=O) groups is 1. The normalized spacial score (nSPS) is 23.1. The van der Waals surface area contributed by atoms with Crippen LogP contribution in [0.3, 0.4) is 0 Å².